The van der Waals surface area contributed by atoms with Crippen molar-refractivity contribution in [2.24, 2.45) is 5.92 Å². The van der Waals surface area contributed by atoms with Crippen LogP contribution in [0.15, 0.2) is 0 Å². The van der Waals surface area contributed by atoms with Gasteiger partial charge in [-0.2, -0.15) is 0 Å². The summed E-state index contributed by atoms with van der Waals surface area (Å²) >= 11 is 0. The molecule has 0 aromatic rings. The number of nitrogens with zero attached hydrogens (tertiary/aromatic N) is 1. The predicted molar refractivity (Wildman–Crippen MR) is 81.4 cm³/mol. The van der Waals surface area contributed by atoms with Gasteiger partial charge >= 0.3 is 0 Å². The molecule has 2 heteroatoms. The Hall–Kier alpha value is -0.0800. The van der Waals surface area contributed by atoms with Crippen molar-refractivity contribution < 1.29 is 0 Å². The molecule has 2 nitrogen and oxygen atoms in total. The van der Waals surface area contributed by atoms with Crippen LogP contribution in [0, 0.1) is 5.92 Å². The van der Waals surface area contributed by atoms with Crippen LogP contribution in [0.25, 0.3) is 0 Å². The second-order valence-electron chi connectivity index (χ2n) is 7.29. The van der Waals surface area contributed by atoms with Gasteiger partial charge in [-0.1, -0.05) is 26.2 Å². The Balaban J connectivity index is 1.66. The van der Waals surface area contributed by atoms with Crippen molar-refractivity contribution in [3.05, 3.63) is 0 Å². The number of piperidine rings is 1. The standard InChI is InChI=1S/C17H32N2/c1-2-10-17(11-6-12-18-17)14-19-13-5-8-15-7-3-4-9-16(15)19/h15-16,18H,2-14H2,1H3. The van der Waals surface area contributed by atoms with E-state index >= 15 is 0 Å². The van der Waals surface area contributed by atoms with E-state index in [-0.39, 0.29) is 0 Å². The summed E-state index contributed by atoms with van der Waals surface area (Å²) in [7, 11) is 0. The van der Waals surface area contributed by atoms with E-state index in [1.807, 2.05) is 0 Å². The number of likely N-dealkylation sites (tertiary alicyclic amines) is 1. The zero-order valence-corrected chi connectivity index (χ0v) is 12.8. The fraction of sp³-hybridized carbons (Fsp3) is 1.00. The van der Waals surface area contributed by atoms with Crippen LogP contribution < -0.4 is 5.32 Å². The molecule has 0 bridgehead atoms. The summed E-state index contributed by atoms with van der Waals surface area (Å²) in [6.45, 7) is 6.31. The molecule has 3 fully saturated rings. The van der Waals surface area contributed by atoms with Crippen LogP contribution in [-0.2, 0) is 0 Å². The molecule has 2 saturated heterocycles. The Labute approximate surface area is 119 Å². The van der Waals surface area contributed by atoms with E-state index < -0.39 is 0 Å². The molecule has 1 N–H and O–H groups in total. The first-order valence-corrected chi connectivity index (χ1v) is 8.82. The molecule has 3 atom stereocenters. The van der Waals surface area contributed by atoms with Crippen molar-refractivity contribution in [2.45, 2.75) is 82.7 Å². The Morgan fingerprint density at radius 2 is 1.95 bits per heavy atom. The molecule has 0 spiro atoms. The molecule has 1 aliphatic carbocycles. The molecule has 3 unspecified atom stereocenters. The maximum absolute atomic E-state index is 3.87. The lowest BCUT2D eigenvalue weighted by Gasteiger charge is -2.47. The SMILES string of the molecule is CCCC1(CN2CCCC3CCCCC32)CCCN1. The molecular weight excluding hydrogens is 232 g/mol. The first-order valence-electron chi connectivity index (χ1n) is 8.82. The molecule has 1 saturated carbocycles. The first-order chi connectivity index (χ1) is 9.33. The number of fused-ring (bicyclic) bond motifs is 1. The number of rotatable bonds is 4. The Morgan fingerprint density at radius 3 is 2.74 bits per heavy atom. The van der Waals surface area contributed by atoms with Crippen molar-refractivity contribution in [3.63, 3.8) is 0 Å². The van der Waals surface area contributed by atoms with Gasteiger partial charge in [-0.25, -0.2) is 0 Å². The van der Waals surface area contributed by atoms with E-state index in [2.05, 4.69) is 17.1 Å². The summed E-state index contributed by atoms with van der Waals surface area (Å²) < 4.78 is 0. The van der Waals surface area contributed by atoms with Gasteiger partial charge < -0.3 is 5.32 Å². The highest BCUT2D eigenvalue weighted by atomic mass is 15.2. The zero-order valence-electron chi connectivity index (χ0n) is 12.8. The summed E-state index contributed by atoms with van der Waals surface area (Å²) in [5.74, 6) is 1.03. The average molecular weight is 264 g/mol. The highest BCUT2D eigenvalue weighted by molar-refractivity contribution is 4.98. The highest BCUT2D eigenvalue weighted by Crippen LogP contribution is 2.37. The maximum atomic E-state index is 3.87. The fourth-order valence-electron chi connectivity index (χ4n) is 5.09. The number of hydrogen-bond acceptors (Lipinski definition) is 2. The minimum atomic E-state index is 0.466. The third-order valence-electron chi connectivity index (χ3n) is 5.92. The summed E-state index contributed by atoms with van der Waals surface area (Å²) in [6.07, 6.45) is 14.4. The van der Waals surface area contributed by atoms with E-state index in [0.29, 0.717) is 5.54 Å². The molecule has 0 aromatic carbocycles. The lowest BCUT2D eigenvalue weighted by molar-refractivity contribution is 0.0368. The van der Waals surface area contributed by atoms with Gasteiger partial charge in [0.1, 0.15) is 0 Å². The molecule has 0 radical (unpaired) electrons. The van der Waals surface area contributed by atoms with Crippen LogP contribution in [0.2, 0.25) is 0 Å². The lowest BCUT2D eigenvalue weighted by Crippen LogP contribution is -2.56. The maximum Gasteiger partial charge on any atom is 0.0309 e. The van der Waals surface area contributed by atoms with Crippen LogP contribution in [-0.4, -0.2) is 36.1 Å². The molecule has 3 aliphatic rings. The zero-order chi connectivity index (χ0) is 13.1. The minimum absolute atomic E-state index is 0.466. The van der Waals surface area contributed by atoms with Crippen LogP contribution in [0.5, 0.6) is 0 Å². The molecule has 2 aliphatic heterocycles. The minimum Gasteiger partial charge on any atom is -0.310 e. The molecule has 110 valence electrons. The average Bonchev–Trinajstić information content (AvgIpc) is 2.88. The number of hydrogen-bond donors (Lipinski definition) is 1. The predicted octanol–water partition coefficient (Wildman–Crippen LogP) is 3.56. The molecule has 3 rings (SSSR count). The Kier molecular flexibility index (Phi) is 4.48. The quantitative estimate of drug-likeness (QED) is 0.835. The van der Waals surface area contributed by atoms with Crippen molar-refractivity contribution in [1.82, 2.24) is 10.2 Å². The van der Waals surface area contributed by atoms with E-state index in [4.69, 9.17) is 0 Å². The van der Waals surface area contributed by atoms with E-state index in [1.54, 1.807) is 0 Å². The van der Waals surface area contributed by atoms with Gasteiger partial charge in [-0.3, -0.25) is 4.90 Å². The van der Waals surface area contributed by atoms with Gasteiger partial charge in [0.15, 0.2) is 0 Å². The monoisotopic (exact) mass is 264 g/mol. The summed E-state index contributed by atoms with van der Waals surface area (Å²) in [4.78, 5) is 2.89. The van der Waals surface area contributed by atoms with Crippen molar-refractivity contribution >= 4 is 0 Å². The van der Waals surface area contributed by atoms with Gasteiger partial charge in [-0.05, 0) is 64.0 Å². The van der Waals surface area contributed by atoms with Crippen molar-refractivity contribution in [2.75, 3.05) is 19.6 Å². The highest BCUT2D eigenvalue weighted by Gasteiger charge is 2.39. The van der Waals surface area contributed by atoms with E-state index in [9.17, 15) is 0 Å². The Morgan fingerprint density at radius 1 is 1.11 bits per heavy atom. The summed E-state index contributed by atoms with van der Waals surface area (Å²) in [6, 6.07) is 0.929. The largest absolute Gasteiger partial charge is 0.310 e. The van der Waals surface area contributed by atoms with Gasteiger partial charge in [0.25, 0.3) is 0 Å². The second kappa shape index (κ2) is 6.13. The van der Waals surface area contributed by atoms with E-state index in [1.165, 1.54) is 83.8 Å². The molecule has 19 heavy (non-hydrogen) atoms. The molecule has 2 heterocycles. The van der Waals surface area contributed by atoms with Crippen molar-refractivity contribution in [3.8, 4) is 0 Å². The van der Waals surface area contributed by atoms with Crippen LogP contribution in [0.4, 0.5) is 0 Å². The molecule has 0 aromatic heterocycles. The smallest absolute Gasteiger partial charge is 0.0309 e. The van der Waals surface area contributed by atoms with Gasteiger partial charge in [0.2, 0.25) is 0 Å². The summed E-state index contributed by atoms with van der Waals surface area (Å²) in [5.41, 5.74) is 0.466. The van der Waals surface area contributed by atoms with Gasteiger partial charge in [-0.15, -0.1) is 0 Å². The lowest BCUT2D eigenvalue weighted by atomic mass is 9.77. The topological polar surface area (TPSA) is 15.3 Å². The van der Waals surface area contributed by atoms with Crippen molar-refractivity contribution in [1.29, 1.82) is 0 Å². The fourth-order valence-corrected chi connectivity index (χ4v) is 5.09. The third-order valence-corrected chi connectivity index (χ3v) is 5.92. The van der Waals surface area contributed by atoms with Crippen LogP contribution in [0.3, 0.4) is 0 Å². The van der Waals surface area contributed by atoms with Gasteiger partial charge in [0, 0.05) is 18.1 Å². The first kappa shape index (κ1) is 13.9. The van der Waals surface area contributed by atoms with Crippen LogP contribution in [0.1, 0.15) is 71.1 Å². The Bertz CT molecular complexity index is 281. The summed E-state index contributed by atoms with van der Waals surface area (Å²) in [5, 5.41) is 3.87. The van der Waals surface area contributed by atoms with Crippen LogP contribution >= 0.6 is 0 Å². The second-order valence-corrected chi connectivity index (χ2v) is 7.29. The van der Waals surface area contributed by atoms with Gasteiger partial charge in [0.05, 0.1) is 0 Å². The molecule has 0 amide bonds. The normalized spacial score (nSPS) is 40.3. The van der Waals surface area contributed by atoms with E-state index in [0.717, 1.165) is 12.0 Å². The molecular formula is C17H32N2. The third kappa shape index (κ3) is 3.00. The number of nitrogens with one attached hydrogen (secondary N) is 1.